The summed E-state index contributed by atoms with van der Waals surface area (Å²) in [6.07, 6.45) is 1.98. The van der Waals surface area contributed by atoms with E-state index in [0.717, 1.165) is 36.9 Å². The molecule has 5 rings (SSSR count). The van der Waals surface area contributed by atoms with Crippen molar-refractivity contribution in [1.29, 1.82) is 0 Å². The highest BCUT2D eigenvalue weighted by molar-refractivity contribution is 7.14. The predicted octanol–water partition coefficient (Wildman–Crippen LogP) is 3.61. The van der Waals surface area contributed by atoms with Crippen LogP contribution in [0, 0.1) is 17.7 Å². The van der Waals surface area contributed by atoms with E-state index in [1.54, 1.807) is 17.0 Å². The summed E-state index contributed by atoms with van der Waals surface area (Å²) in [5, 5.41) is 5.54. The normalized spacial score (nSPS) is 23.9. The quantitative estimate of drug-likeness (QED) is 0.465. The number of amides is 2. The van der Waals surface area contributed by atoms with Crippen LogP contribution in [-0.2, 0) is 14.3 Å². The Kier molecular flexibility index (Phi) is 9.10. The van der Waals surface area contributed by atoms with E-state index in [0.29, 0.717) is 24.2 Å². The number of nitrogens with one attached hydrogen (secondary N) is 1. The molecule has 4 heterocycles. The summed E-state index contributed by atoms with van der Waals surface area (Å²) < 4.78 is 21.1. The van der Waals surface area contributed by atoms with E-state index in [2.05, 4.69) is 27.1 Å². The van der Waals surface area contributed by atoms with Crippen molar-refractivity contribution in [3.8, 4) is 11.3 Å². The average Bonchev–Trinajstić information content (AvgIpc) is 3.69. The van der Waals surface area contributed by atoms with Crippen LogP contribution in [0.1, 0.15) is 44.5 Å². The topological polar surface area (TPSA) is 95.1 Å². The average molecular weight is 598 g/mol. The van der Waals surface area contributed by atoms with E-state index >= 15 is 4.39 Å². The molecule has 0 saturated carbocycles. The Morgan fingerprint density at radius 2 is 1.98 bits per heavy atom. The third kappa shape index (κ3) is 6.14. The molecule has 226 valence electrons. The molecular formula is C31H40FN5O4S. The van der Waals surface area contributed by atoms with Crippen molar-refractivity contribution in [1.82, 2.24) is 20.1 Å². The summed E-state index contributed by atoms with van der Waals surface area (Å²) in [7, 11) is 2.09. The summed E-state index contributed by atoms with van der Waals surface area (Å²) in [4.78, 5) is 50.6. The number of rotatable bonds is 8. The van der Waals surface area contributed by atoms with E-state index in [1.165, 1.54) is 17.4 Å². The number of anilines is 1. The van der Waals surface area contributed by atoms with Gasteiger partial charge in [-0.05, 0) is 51.4 Å². The van der Waals surface area contributed by atoms with Gasteiger partial charge in [-0.3, -0.25) is 14.4 Å². The van der Waals surface area contributed by atoms with E-state index in [9.17, 15) is 14.4 Å². The molecule has 0 bridgehead atoms. The molecule has 11 heteroatoms. The van der Waals surface area contributed by atoms with Crippen LogP contribution in [0.5, 0.6) is 0 Å². The first-order valence-electron chi connectivity index (χ1n) is 14.6. The second kappa shape index (κ2) is 12.6. The van der Waals surface area contributed by atoms with Gasteiger partial charge in [0.1, 0.15) is 24.5 Å². The zero-order chi connectivity index (χ0) is 30.1. The number of carbonyl (C=O) groups excluding carboxylic acids is 3. The van der Waals surface area contributed by atoms with Crippen molar-refractivity contribution in [2.45, 2.75) is 52.3 Å². The number of ether oxygens (including phenoxy) is 1. The maximum atomic E-state index is 15.3. The number of benzene rings is 1. The van der Waals surface area contributed by atoms with Crippen molar-refractivity contribution < 1.29 is 23.5 Å². The smallest absolute Gasteiger partial charge is 0.252 e. The van der Waals surface area contributed by atoms with Gasteiger partial charge in [0.25, 0.3) is 5.91 Å². The van der Waals surface area contributed by atoms with Gasteiger partial charge in [-0.25, -0.2) is 9.37 Å². The summed E-state index contributed by atoms with van der Waals surface area (Å²) in [5.74, 6) is -1.50. The van der Waals surface area contributed by atoms with Gasteiger partial charge < -0.3 is 24.8 Å². The Morgan fingerprint density at radius 1 is 1.24 bits per heavy atom. The van der Waals surface area contributed by atoms with E-state index in [-0.39, 0.29) is 41.8 Å². The van der Waals surface area contributed by atoms with E-state index in [1.807, 2.05) is 39.2 Å². The van der Waals surface area contributed by atoms with Crippen LogP contribution in [0.25, 0.3) is 11.3 Å². The standard InChI is InChI=1S/C31H40FN5O4S/c1-6-19(4)22-15-37(27-26(38)16-41-28(22)27)30(40)24(13-18(2)3)33-29(39)20-7-8-21(23(32)14-20)25-17-42-31(34-25)36-11-9-35(5)10-12-36/h6-8,14,17-18,22,24,27-28H,9-13,15-16H2,1-5H3,(H,33,39). The first-order chi connectivity index (χ1) is 20.1. The molecule has 1 N–H and O–H groups in total. The number of ketones is 1. The summed E-state index contributed by atoms with van der Waals surface area (Å²) in [6.45, 7) is 11.8. The van der Waals surface area contributed by atoms with Crippen LogP contribution in [0.4, 0.5) is 9.52 Å². The molecule has 3 fully saturated rings. The number of hydrogen-bond donors (Lipinski definition) is 1. The van der Waals surface area contributed by atoms with Crippen LogP contribution in [0.15, 0.2) is 35.2 Å². The number of nitrogens with zero attached hydrogens (tertiary/aromatic N) is 4. The largest absolute Gasteiger partial charge is 0.367 e. The maximum absolute atomic E-state index is 15.3. The highest BCUT2D eigenvalue weighted by Gasteiger charge is 2.53. The Balaban J connectivity index is 1.31. The summed E-state index contributed by atoms with van der Waals surface area (Å²) in [6, 6.07) is 2.81. The maximum Gasteiger partial charge on any atom is 0.252 e. The molecule has 0 spiro atoms. The lowest BCUT2D eigenvalue weighted by Gasteiger charge is -2.32. The van der Waals surface area contributed by atoms with Gasteiger partial charge in [0, 0.05) is 55.1 Å². The fraction of sp³-hybridized carbons (Fsp3) is 0.548. The molecule has 3 aliphatic heterocycles. The van der Waals surface area contributed by atoms with Crippen LogP contribution in [0.3, 0.4) is 0 Å². The minimum absolute atomic E-state index is 0.0186. The lowest BCUT2D eigenvalue weighted by Crippen LogP contribution is -2.52. The monoisotopic (exact) mass is 597 g/mol. The zero-order valence-corrected chi connectivity index (χ0v) is 25.7. The third-order valence-corrected chi connectivity index (χ3v) is 9.49. The molecule has 3 saturated heterocycles. The van der Waals surface area contributed by atoms with Gasteiger partial charge in [-0.2, -0.15) is 0 Å². The number of fused-ring (bicyclic) bond motifs is 1. The molecule has 42 heavy (non-hydrogen) atoms. The second-order valence-electron chi connectivity index (χ2n) is 12.0. The first-order valence-corrected chi connectivity index (χ1v) is 15.5. The second-order valence-corrected chi connectivity index (χ2v) is 12.8. The Hall–Kier alpha value is -3.15. The van der Waals surface area contributed by atoms with Gasteiger partial charge in [0.2, 0.25) is 5.91 Å². The van der Waals surface area contributed by atoms with Gasteiger partial charge >= 0.3 is 0 Å². The molecule has 9 nitrogen and oxygen atoms in total. The number of likely N-dealkylation sites (N-methyl/N-ethyl adjacent to an activating group) is 1. The van der Waals surface area contributed by atoms with Crippen molar-refractivity contribution in [2.24, 2.45) is 11.8 Å². The minimum Gasteiger partial charge on any atom is -0.367 e. The number of allylic oxidation sites excluding steroid dienone is 1. The Labute approximate surface area is 250 Å². The van der Waals surface area contributed by atoms with Gasteiger partial charge in [0.05, 0.1) is 11.8 Å². The SMILES string of the molecule is CC=C(C)C1CN(C(=O)C(CC(C)C)NC(=O)c2ccc(-c3csc(N4CCN(C)CC4)n3)c(F)c2)C2C(=O)COC12. The number of hydrogen-bond acceptors (Lipinski definition) is 8. The molecule has 3 aliphatic rings. The zero-order valence-electron chi connectivity index (χ0n) is 24.9. The fourth-order valence-electron chi connectivity index (χ4n) is 6.03. The highest BCUT2D eigenvalue weighted by Crippen LogP contribution is 2.36. The van der Waals surface area contributed by atoms with Crippen LogP contribution < -0.4 is 10.2 Å². The number of thiazole rings is 1. The lowest BCUT2D eigenvalue weighted by molar-refractivity contribution is -0.138. The molecule has 4 unspecified atom stereocenters. The molecule has 2 amide bonds. The first kappa shape index (κ1) is 30.3. The number of Topliss-reactive ketones (excluding diaryl/α,β-unsaturated/α-hetero) is 1. The number of carbonyl (C=O) groups is 3. The number of halogens is 1. The van der Waals surface area contributed by atoms with Gasteiger partial charge in [-0.1, -0.05) is 25.5 Å². The molecule has 0 aliphatic carbocycles. The van der Waals surface area contributed by atoms with Gasteiger partial charge in [-0.15, -0.1) is 11.3 Å². The number of piperazine rings is 1. The summed E-state index contributed by atoms with van der Waals surface area (Å²) in [5.41, 5.74) is 2.04. The minimum atomic E-state index is -0.858. The molecule has 0 radical (unpaired) electrons. The Morgan fingerprint density at radius 3 is 2.64 bits per heavy atom. The third-order valence-electron chi connectivity index (χ3n) is 8.59. The van der Waals surface area contributed by atoms with Gasteiger partial charge in [0.15, 0.2) is 10.9 Å². The molecule has 2 aromatic rings. The fourth-order valence-corrected chi connectivity index (χ4v) is 6.91. The highest BCUT2D eigenvalue weighted by atomic mass is 32.1. The number of aromatic nitrogens is 1. The van der Waals surface area contributed by atoms with E-state index in [4.69, 9.17) is 4.74 Å². The van der Waals surface area contributed by atoms with Crippen molar-refractivity contribution in [3.63, 3.8) is 0 Å². The van der Waals surface area contributed by atoms with Crippen LogP contribution in [0.2, 0.25) is 0 Å². The molecule has 4 atom stereocenters. The van der Waals surface area contributed by atoms with Crippen molar-refractivity contribution in [3.05, 3.63) is 46.6 Å². The summed E-state index contributed by atoms with van der Waals surface area (Å²) >= 11 is 1.48. The van der Waals surface area contributed by atoms with Crippen molar-refractivity contribution in [2.75, 3.05) is 51.3 Å². The Bertz CT molecular complexity index is 1370. The molecule has 1 aromatic carbocycles. The van der Waals surface area contributed by atoms with E-state index < -0.39 is 23.8 Å². The molecule has 1 aromatic heterocycles. The van der Waals surface area contributed by atoms with Crippen molar-refractivity contribution >= 4 is 34.1 Å². The van der Waals surface area contributed by atoms with Crippen LogP contribution in [-0.4, -0.2) is 96.9 Å². The molecular weight excluding hydrogens is 557 g/mol. The number of likely N-dealkylation sites (tertiary alicyclic amines) is 1. The van der Waals surface area contributed by atoms with Crippen LogP contribution >= 0.6 is 11.3 Å². The lowest BCUT2D eigenvalue weighted by atomic mass is 9.94. The predicted molar refractivity (Wildman–Crippen MR) is 161 cm³/mol.